The van der Waals surface area contributed by atoms with Crippen molar-refractivity contribution in [3.05, 3.63) is 47.5 Å². The van der Waals surface area contributed by atoms with Crippen molar-refractivity contribution in [1.29, 1.82) is 0 Å². The van der Waals surface area contributed by atoms with Gasteiger partial charge in [-0.3, -0.25) is 0 Å². The van der Waals surface area contributed by atoms with Crippen molar-refractivity contribution >= 4 is 12.1 Å². The van der Waals surface area contributed by atoms with Crippen LogP contribution in [-0.2, 0) is 20.9 Å². The molecule has 2 rings (SSSR count). The summed E-state index contributed by atoms with van der Waals surface area (Å²) in [6.45, 7) is 0.0827. The molecule has 2 N–H and O–H groups in total. The normalized spacial score (nSPS) is 16.5. The first-order valence-electron chi connectivity index (χ1n) is 8.04. The van der Waals surface area contributed by atoms with Gasteiger partial charge in [0, 0.05) is 0 Å². The number of alkyl carbamates (subject to hydrolysis) is 1. The SMILES string of the molecule is COC(=O)[C@@H](NC(=O)OCc1ccccc1)[C@@H](O)C1=CCCCC1. The summed E-state index contributed by atoms with van der Waals surface area (Å²) in [6, 6.07) is 8.02. The Bertz CT molecular complexity index is 584. The minimum absolute atomic E-state index is 0.0827. The Hall–Kier alpha value is -2.34. The Morgan fingerprint density at radius 3 is 2.62 bits per heavy atom. The second-order valence-electron chi connectivity index (χ2n) is 5.68. The lowest BCUT2D eigenvalue weighted by atomic mass is 9.92. The van der Waals surface area contributed by atoms with Gasteiger partial charge in [-0.25, -0.2) is 9.59 Å². The zero-order valence-electron chi connectivity index (χ0n) is 13.7. The molecule has 0 saturated heterocycles. The predicted molar refractivity (Wildman–Crippen MR) is 88.1 cm³/mol. The molecule has 130 valence electrons. The standard InChI is InChI=1S/C18H23NO5/c1-23-17(21)15(16(20)14-10-6-3-7-11-14)19-18(22)24-12-13-8-4-2-5-9-13/h2,4-5,8-10,15-16,20H,3,6-7,11-12H2,1H3,(H,19,22)/t15-,16-/m0/s1. The molecule has 0 spiro atoms. The molecule has 1 aromatic rings. The lowest BCUT2D eigenvalue weighted by molar-refractivity contribution is -0.145. The zero-order chi connectivity index (χ0) is 17.4. The quantitative estimate of drug-likeness (QED) is 0.616. The van der Waals surface area contributed by atoms with Crippen LogP contribution in [0.3, 0.4) is 0 Å². The third kappa shape index (κ3) is 5.09. The molecular formula is C18H23NO5. The van der Waals surface area contributed by atoms with Crippen LogP contribution in [0.5, 0.6) is 0 Å². The van der Waals surface area contributed by atoms with E-state index in [2.05, 4.69) is 5.32 Å². The van der Waals surface area contributed by atoms with Crippen molar-refractivity contribution in [2.24, 2.45) is 0 Å². The summed E-state index contributed by atoms with van der Waals surface area (Å²) < 4.78 is 9.79. The number of rotatable bonds is 6. The average molecular weight is 333 g/mol. The maximum absolute atomic E-state index is 12.0. The molecule has 1 amide bonds. The van der Waals surface area contributed by atoms with Gasteiger partial charge in [0.2, 0.25) is 0 Å². The topological polar surface area (TPSA) is 84.9 Å². The first-order valence-corrected chi connectivity index (χ1v) is 8.04. The number of methoxy groups -OCH3 is 1. The van der Waals surface area contributed by atoms with E-state index < -0.39 is 24.2 Å². The van der Waals surface area contributed by atoms with E-state index in [0.29, 0.717) is 6.42 Å². The maximum atomic E-state index is 12.0. The van der Waals surface area contributed by atoms with Crippen molar-refractivity contribution < 1.29 is 24.2 Å². The summed E-state index contributed by atoms with van der Waals surface area (Å²) >= 11 is 0. The summed E-state index contributed by atoms with van der Waals surface area (Å²) in [6.07, 6.45) is 3.61. The number of carbonyl (C=O) groups excluding carboxylic acids is 2. The van der Waals surface area contributed by atoms with Crippen molar-refractivity contribution in [1.82, 2.24) is 5.32 Å². The van der Waals surface area contributed by atoms with Crippen molar-refractivity contribution in [2.45, 2.75) is 44.4 Å². The summed E-state index contributed by atoms with van der Waals surface area (Å²) in [5.41, 5.74) is 1.58. The van der Waals surface area contributed by atoms with Crippen LogP contribution in [0.1, 0.15) is 31.2 Å². The van der Waals surface area contributed by atoms with Gasteiger partial charge in [0.05, 0.1) is 7.11 Å². The minimum Gasteiger partial charge on any atom is -0.467 e. The van der Waals surface area contributed by atoms with Crippen LogP contribution in [0, 0.1) is 0 Å². The van der Waals surface area contributed by atoms with E-state index in [-0.39, 0.29) is 6.61 Å². The predicted octanol–water partition coefficient (Wildman–Crippen LogP) is 2.32. The van der Waals surface area contributed by atoms with E-state index in [9.17, 15) is 14.7 Å². The third-order valence-corrected chi connectivity index (χ3v) is 3.96. The van der Waals surface area contributed by atoms with Gasteiger partial charge in [-0.15, -0.1) is 0 Å². The molecule has 0 fully saturated rings. The van der Waals surface area contributed by atoms with Crippen LogP contribution in [0.2, 0.25) is 0 Å². The van der Waals surface area contributed by atoms with Gasteiger partial charge < -0.3 is 19.9 Å². The number of esters is 1. The molecule has 2 atom stereocenters. The van der Waals surface area contributed by atoms with Gasteiger partial charge in [0.25, 0.3) is 0 Å². The number of aliphatic hydroxyl groups excluding tert-OH is 1. The van der Waals surface area contributed by atoms with Crippen LogP contribution in [0.15, 0.2) is 42.0 Å². The summed E-state index contributed by atoms with van der Waals surface area (Å²) in [7, 11) is 1.22. The Balaban J connectivity index is 1.96. The number of hydrogen-bond donors (Lipinski definition) is 2. The molecule has 1 aliphatic rings. The van der Waals surface area contributed by atoms with Crippen molar-refractivity contribution in [3.8, 4) is 0 Å². The molecule has 0 heterocycles. The molecule has 24 heavy (non-hydrogen) atoms. The van der Waals surface area contributed by atoms with E-state index in [1.807, 2.05) is 36.4 Å². The molecule has 0 saturated carbocycles. The highest BCUT2D eigenvalue weighted by molar-refractivity contribution is 5.82. The Morgan fingerprint density at radius 2 is 2.00 bits per heavy atom. The Labute approximate surface area is 141 Å². The second-order valence-corrected chi connectivity index (χ2v) is 5.68. The molecule has 0 radical (unpaired) electrons. The lowest BCUT2D eigenvalue weighted by Crippen LogP contribution is -2.50. The number of nitrogens with one attached hydrogen (secondary N) is 1. The average Bonchev–Trinajstić information content (AvgIpc) is 2.65. The van der Waals surface area contributed by atoms with Gasteiger partial charge in [-0.05, 0) is 36.8 Å². The summed E-state index contributed by atoms with van der Waals surface area (Å²) in [5, 5.41) is 12.8. The molecule has 0 aliphatic heterocycles. The van der Waals surface area contributed by atoms with Gasteiger partial charge >= 0.3 is 12.1 Å². The van der Waals surface area contributed by atoms with Crippen LogP contribution in [0.4, 0.5) is 4.79 Å². The smallest absolute Gasteiger partial charge is 0.408 e. The highest BCUT2D eigenvalue weighted by atomic mass is 16.6. The maximum Gasteiger partial charge on any atom is 0.408 e. The number of amides is 1. The molecular weight excluding hydrogens is 310 g/mol. The van der Waals surface area contributed by atoms with Crippen LogP contribution in [0.25, 0.3) is 0 Å². The molecule has 0 aromatic heterocycles. The fraction of sp³-hybridized carbons (Fsp3) is 0.444. The van der Waals surface area contributed by atoms with Crippen LogP contribution >= 0.6 is 0 Å². The highest BCUT2D eigenvalue weighted by Gasteiger charge is 2.32. The monoisotopic (exact) mass is 333 g/mol. The Kier molecular flexibility index (Phi) is 6.81. The third-order valence-electron chi connectivity index (χ3n) is 3.96. The van der Waals surface area contributed by atoms with Gasteiger partial charge in [-0.2, -0.15) is 0 Å². The molecule has 1 aliphatic carbocycles. The number of hydrogen-bond acceptors (Lipinski definition) is 5. The molecule has 6 nitrogen and oxygen atoms in total. The highest BCUT2D eigenvalue weighted by Crippen LogP contribution is 2.22. The van der Waals surface area contributed by atoms with Crippen molar-refractivity contribution in [3.63, 3.8) is 0 Å². The van der Waals surface area contributed by atoms with Gasteiger partial charge in [0.1, 0.15) is 12.7 Å². The molecule has 1 aromatic carbocycles. The minimum atomic E-state index is -1.18. The molecule has 6 heteroatoms. The van der Waals surface area contributed by atoms with Crippen LogP contribution < -0.4 is 5.32 Å². The summed E-state index contributed by atoms with van der Waals surface area (Å²) in [5.74, 6) is -0.703. The fourth-order valence-electron chi connectivity index (χ4n) is 2.63. The Morgan fingerprint density at radius 1 is 1.25 bits per heavy atom. The van der Waals surface area contributed by atoms with E-state index in [0.717, 1.165) is 30.4 Å². The van der Waals surface area contributed by atoms with E-state index >= 15 is 0 Å². The number of aliphatic hydroxyl groups is 1. The van der Waals surface area contributed by atoms with E-state index in [4.69, 9.17) is 9.47 Å². The number of carbonyl (C=O) groups is 2. The van der Waals surface area contributed by atoms with Gasteiger partial charge in [-0.1, -0.05) is 36.4 Å². The molecule has 0 bridgehead atoms. The fourth-order valence-corrected chi connectivity index (χ4v) is 2.63. The van der Waals surface area contributed by atoms with E-state index in [1.54, 1.807) is 0 Å². The number of ether oxygens (including phenoxy) is 2. The zero-order valence-corrected chi connectivity index (χ0v) is 13.7. The second kappa shape index (κ2) is 9.08. The molecule has 0 unspecified atom stereocenters. The first-order chi connectivity index (χ1) is 11.6. The summed E-state index contributed by atoms with van der Waals surface area (Å²) in [4.78, 5) is 23.9. The van der Waals surface area contributed by atoms with Crippen molar-refractivity contribution in [2.75, 3.05) is 7.11 Å². The largest absolute Gasteiger partial charge is 0.467 e. The lowest BCUT2D eigenvalue weighted by Gasteiger charge is -2.25. The van der Waals surface area contributed by atoms with Gasteiger partial charge in [0.15, 0.2) is 6.04 Å². The van der Waals surface area contributed by atoms with Crippen LogP contribution in [-0.4, -0.2) is 36.4 Å². The first kappa shape index (κ1) is 18.0. The van der Waals surface area contributed by atoms with E-state index in [1.165, 1.54) is 7.11 Å². The number of allylic oxidation sites excluding steroid dienone is 1. The number of benzene rings is 1.